The van der Waals surface area contributed by atoms with E-state index in [9.17, 15) is 4.79 Å². The summed E-state index contributed by atoms with van der Waals surface area (Å²) in [4.78, 5) is 10.8. The number of carbonyl (C=O) groups excluding carboxylic acids is 1. The van der Waals surface area contributed by atoms with Gasteiger partial charge in [0.2, 0.25) is 0 Å². The van der Waals surface area contributed by atoms with E-state index in [1.807, 2.05) is 27.7 Å². The number of hydrogen-bond donors (Lipinski definition) is 0. The first-order chi connectivity index (χ1) is 5.02. The average molecular weight is 158 g/mol. The van der Waals surface area contributed by atoms with Crippen molar-refractivity contribution in [1.29, 1.82) is 0 Å². The van der Waals surface area contributed by atoms with E-state index in [2.05, 4.69) is 5.32 Å². The quantitative estimate of drug-likeness (QED) is 0.628. The number of ether oxygens (including phenoxy) is 1. The van der Waals surface area contributed by atoms with Crippen LogP contribution in [0.4, 0.5) is 4.79 Å². The van der Waals surface area contributed by atoms with Crippen LogP contribution in [0.3, 0.4) is 0 Å². The van der Waals surface area contributed by atoms with Crippen molar-refractivity contribution in [2.45, 2.75) is 33.7 Å². The van der Waals surface area contributed by atoms with Crippen LogP contribution in [0.15, 0.2) is 0 Å². The highest BCUT2D eigenvalue weighted by Crippen LogP contribution is 1.93. The molecule has 0 fully saturated rings. The Morgan fingerprint density at radius 2 is 1.91 bits per heavy atom. The van der Waals surface area contributed by atoms with Crippen LogP contribution in [0.1, 0.15) is 27.7 Å². The third-order valence-electron chi connectivity index (χ3n) is 0.904. The minimum atomic E-state index is -0.450. The topological polar surface area (TPSA) is 40.4 Å². The molecule has 0 aliphatic rings. The van der Waals surface area contributed by atoms with Crippen LogP contribution in [0.5, 0.6) is 0 Å². The van der Waals surface area contributed by atoms with Crippen LogP contribution in [0.25, 0.3) is 0 Å². The number of nitrogens with zero attached hydrogens (tertiary/aromatic N) is 1. The molecule has 11 heavy (non-hydrogen) atoms. The van der Waals surface area contributed by atoms with Crippen molar-refractivity contribution < 1.29 is 9.53 Å². The summed E-state index contributed by atoms with van der Waals surface area (Å²) >= 11 is 0. The molecule has 3 heteroatoms. The van der Waals surface area contributed by atoms with Gasteiger partial charge in [-0.2, -0.15) is 0 Å². The summed E-state index contributed by atoms with van der Waals surface area (Å²) < 4.78 is 4.81. The molecule has 1 radical (unpaired) electrons. The molecule has 0 spiro atoms. The molecule has 0 heterocycles. The molecule has 0 N–H and O–H groups in total. The van der Waals surface area contributed by atoms with Gasteiger partial charge in [0.05, 0.1) is 12.6 Å². The van der Waals surface area contributed by atoms with E-state index >= 15 is 0 Å². The monoisotopic (exact) mass is 158 g/mol. The van der Waals surface area contributed by atoms with Crippen LogP contribution >= 0.6 is 0 Å². The first-order valence-electron chi connectivity index (χ1n) is 3.90. The number of carbonyl (C=O) groups is 1. The second kappa shape index (κ2) is 4.99. The number of hydrogen-bond acceptors (Lipinski definition) is 2. The zero-order chi connectivity index (χ0) is 8.85. The SMILES string of the molecule is CC(C)COC(=O)[N]C(C)C. The standard InChI is InChI=1S/C8H16NO2/c1-6(2)5-11-8(10)9-7(3)4/h6-7H,5H2,1-4H3. The Morgan fingerprint density at radius 1 is 1.36 bits per heavy atom. The summed E-state index contributed by atoms with van der Waals surface area (Å²) in [5.74, 6) is 0.376. The lowest BCUT2D eigenvalue weighted by Gasteiger charge is -2.07. The Labute approximate surface area is 68.1 Å². The molecule has 0 aromatic carbocycles. The van der Waals surface area contributed by atoms with Crippen LogP contribution < -0.4 is 5.32 Å². The predicted molar refractivity (Wildman–Crippen MR) is 43.5 cm³/mol. The number of rotatable bonds is 3. The first kappa shape index (κ1) is 10.3. The molecule has 0 aromatic rings. The lowest BCUT2D eigenvalue weighted by Crippen LogP contribution is -2.24. The van der Waals surface area contributed by atoms with E-state index in [1.54, 1.807) is 0 Å². The Hall–Kier alpha value is -0.730. The maximum absolute atomic E-state index is 10.8. The van der Waals surface area contributed by atoms with E-state index in [-0.39, 0.29) is 6.04 Å². The molecule has 0 saturated heterocycles. The normalized spacial score (nSPS) is 10.4. The maximum atomic E-state index is 10.8. The summed E-state index contributed by atoms with van der Waals surface area (Å²) in [6, 6.07) is 0.0228. The molecular formula is C8H16NO2. The van der Waals surface area contributed by atoms with Crippen LogP contribution in [0.2, 0.25) is 0 Å². The van der Waals surface area contributed by atoms with Crippen molar-refractivity contribution in [2.24, 2.45) is 5.92 Å². The second-order valence-electron chi connectivity index (χ2n) is 3.19. The minimum absolute atomic E-state index is 0.0228. The fourth-order valence-electron chi connectivity index (χ4n) is 0.486. The van der Waals surface area contributed by atoms with Gasteiger partial charge < -0.3 is 4.74 Å². The van der Waals surface area contributed by atoms with E-state index in [1.165, 1.54) is 0 Å². The highest BCUT2D eigenvalue weighted by atomic mass is 16.5. The van der Waals surface area contributed by atoms with Gasteiger partial charge in [-0.05, 0) is 19.8 Å². The van der Waals surface area contributed by atoms with Gasteiger partial charge in [-0.15, -0.1) is 0 Å². The molecular weight excluding hydrogens is 142 g/mol. The predicted octanol–water partition coefficient (Wildman–Crippen LogP) is 1.79. The molecule has 65 valence electrons. The van der Waals surface area contributed by atoms with Crippen molar-refractivity contribution in [1.82, 2.24) is 5.32 Å². The minimum Gasteiger partial charge on any atom is -0.448 e. The summed E-state index contributed by atoms with van der Waals surface area (Å²) in [6.07, 6.45) is -0.450. The van der Waals surface area contributed by atoms with Crippen molar-refractivity contribution in [2.75, 3.05) is 6.61 Å². The van der Waals surface area contributed by atoms with Gasteiger partial charge >= 0.3 is 6.09 Å². The van der Waals surface area contributed by atoms with Crippen LogP contribution in [-0.2, 0) is 4.74 Å². The molecule has 0 rings (SSSR count). The lowest BCUT2D eigenvalue weighted by atomic mass is 10.2. The van der Waals surface area contributed by atoms with Crippen molar-refractivity contribution in [3.8, 4) is 0 Å². The zero-order valence-corrected chi connectivity index (χ0v) is 7.63. The highest BCUT2D eigenvalue weighted by Gasteiger charge is 2.06. The van der Waals surface area contributed by atoms with Gasteiger partial charge in [-0.1, -0.05) is 13.8 Å². The van der Waals surface area contributed by atoms with Gasteiger partial charge in [0.25, 0.3) is 0 Å². The fourth-order valence-corrected chi connectivity index (χ4v) is 0.486. The Bertz CT molecular complexity index is 121. The van der Waals surface area contributed by atoms with Gasteiger partial charge in [0.15, 0.2) is 0 Å². The molecule has 0 bridgehead atoms. The Morgan fingerprint density at radius 3 is 2.27 bits per heavy atom. The first-order valence-corrected chi connectivity index (χ1v) is 3.90. The lowest BCUT2D eigenvalue weighted by molar-refractivity contribution is 0.129. The maximum Gasteiger partial charge on any atom is 0.429 e. The highest BCUT2D eigenvalue weighted by molar-refractivity contribution is 5.67. The molecule has 1 amide bonds. The second-order valence-corrected chi connectivity index (χ2v) is 3.19. The van der Waals surface area contributed by atoms with E-state index in [0.29, 0.717) is 12.5 Å². The molecule has 3 nitrogen and oxygen atoms in total. The van der Waals surface area contributed by atoms with Gasteiger partial charge in [0, 0.05) is 0 Å². The average Bonchev–Trinajstić information content (AvgIpc) is 1.82. The summed E-state index contributed by atoms with van der Waals surface area (Å²) in [7, 11) is 0. The smallest absolute Gasteiger partial charge is 0.429 e. The fraction of sp³-hybridized carbons (Fsp3) is 0.875. The largest absolute Gasteiger partial charge is 0.448 e. The van der Waals surface area contributed by atoms with E-state index < -0.39 is 6.09 Å². The van der Waals surface area contributed by atoms with Gasteiger partial charge in [0.1, 0.15) is 0 Å². The Balaban J connectivity index is 3.38. The summed E-state index contributed by atoms with van der Waals surface area (Å²) in [5, 5.41) is 3.69. The third-order valence-corrected chi connectivity index (χ3v) is 0.904. The van der Waals surface area contributed by atoms with Crippen molar-refractivity contribution in [3.63, 3.8) is 0 Å². The zero-order valence-electron chi connectivity index (χ0n) is 7.63. The number of amides is 1. The molecule has 0 unspecified atom stereocenters. The van der Waals surface area contributed by atoms with Crippen molar-refractivity contribution >= 4 is 6.09 Å². The molecule has 0 aliphatic heterocycles. The summed E-state index contributed by atoms with van der Waals surface area (Å²) in [6.45, 7) is 8.12. The van der Waals surface area contributed by atoms with E-state index in [0.717, 1.165) is 0 Å². The van der Waals surface area contributed by atoms with E-state index in [4.69, 9.17) is 4.74 Å². The molecule has 0 aliphatic carbocycles. The van der Waals surface area contributed by atoms with Gasteiger partial charge in [-0.3, -0.25) is 0 Å². The molecule has 0 saturated carbocycles. The van der Waals surface area contributed by atoms with Gasteiger partial charge in [-0.25, -0.2) is 10.1 Å². The van der Waals surface area contributed by atoms with Crippen LogP contribution in [-0.4, -0.2) is 18.7 Å². The third kappa shape index (κ3) is 7.16. The van der Waals surface area contributed by atoms with Crippen LogP contribution in [0, 0.1) is 5.92 Å². The Kier molecular flexibility index (Phi) is 4.66. The molecule has 0 aromatic heterocycles. The summed E-state index contributed by atoms with van der Waals surface area (Å²) in [5.41, 5.74) is 0. The molecule has 0 atom stereocenters. The van der Waals surface area contributed by atoms with Crippen molar-refractivity contribution in [3.05, 3.63) is 0 Å².